The molecule has 13 heteroatoms. The molecule has 0 atom stereocenters. The Balaban J connectivity index is 1.58. The van der Waals surface area contributed by atoms with Gasteiger partial charge in [0.2, 0.25) is 11.9 Å². The molecule has 0 aliphatic carbocycles. The van der Waals surface area contributed by atoms with Crippen molar-refractivity contribution < 1.29 is 18.7 Å². The van der Waals surface area contributed by atoms with Crippen molar-refractivity contribution in [2.45, 2.75) is 13.3 Å². The highest BCUT2D eigenvalue weighted by atomic mass is 32.1. The van der Waals surface area contributed by atoms with Crippen LogP contribution in [-0.2, 0) is 11.2 Å². The van der Waals surface area contributed by atoms with Crippen molar-refractivity contribution in [2.24, 2.45) is 0 Å². The van der Waals surface area contributed by atoms with Crippen LogP contribution in [0.2, 0.25) is 0 Å². The molecule has 4 aromatic rings. The molecular weight excluding hydrogens is 547 g/mol. The highest BCUT2D eigenvalue weighted by molar-refractivity contribution is 7.78. The molecular formula is C28H31FN8O3S. The molecule has 214 valence electrons. The number of methoxy groups -OCH3 is 1. The van der Waals surface area contributed by atoms with Gasteiger partial charge in [-0.2, -0.15) is 9.97 Å². The zero-order valence-electron chi connectivity index (χ0n) is 23.4. The molecule has 0 fully saturated rings. The minimum absolute atomic E-state index is 0.000544. The Morgan fingerprint density at radius 2 is 1.95 bits per heavy atom. The molecule has 3 heterocycles. The van der Waals surface area contributed by atoms with Crippen LogP contribution in [0, 0.1) is 12.7 Å². The molecule has 2 amide bonds. The number of aryl methyl sites for hydroxylation is 1. The maximum Gasteiger partial charge on any atom is 0.256 e. The Kier molecular flexibility index (Phi) is 7.74. The topological polar surface area (TPSA) is 117 Å². The summed E-state index contributed by atoms with van der Waals surface area (Å²) < 4.78 is 21.9. The Bertz CT molecular complexity index is 1670. The number of nitrogens with one attached hydrogen (secondary N) is 3. The molecule has 0 bridgehead atoms. The van der Waals surface area contributed by atoms with E-state index in [1.165, 1.54) is 19.2 Å². The van der Waals surface area contributed by atoms with E-state index < -0.39 is 11.7 Å². The molecule has 1 aliphatic heterocycles. The van der Waals surface area contributed by atoms with E-state index in [0.29, 0.717) is 41.4 Å². The van der Waals surface area contributed by atoms with Crippen molar-refractivity contribution in [3.05, 3.63) is 59.0 Å². The summed E-state index contributed by atoms with van der Waals surface area (Å²) in [6.45, 7) is 2.75. The van der Waals surface area contributed by atoms with E-state index >= 15 is 0 Å². The van der Waals surface area contributed by atoms with E-state index in [1.807, 2.05) is 38.1 Å². The van der Waals surface area contributed by atoms with E-state index in [2.05, 4.69) is 33.7 Å². The number of nitrogens with zero attached hydrogens (tertiary/aromatic N) is 5. The van der Waals surface area contributed by atoms with Crippen molar-refractivity contribution in [3.8, 4) is 5.75 Å². The minimum Gasteiger partial charge on any atom is -0.495 e. The van der Waals surface area contributed by atoms with Gasteiger partial charge >= 0.3 is 0 Å². The average molecular weight is 579 g/mol. The van der Waals surface area contributed by atoms with Crippen LogP contribution in [-0.4, -0.2) is 72.0 Å². The third-order valence-electron chi connectivity index (χ3n) is 6.83. The number of hydrogen-bond donors (Lipinski definition) is 4. The molecule has 5 rings (SSSR count). The number of carbonyl (C=O) groups is 2. The zero-order chi connectivity index (χ0) is 29.4. The highest BCUT2D eigenvalue weighted by Gasteiger charge is 2.27. The van der Waals surface area contributed by atoms with Gasteiger partial charge in [0, 0.05) is 25.5 Å². The van der Waals surface area contributed by atoms with Crippen LogP contribution in [0.15, 0.2) is 36.5 Å². The van der Waals surface area contributed by atoms with Crippen LogP contribution in [0.1, 0.15) is 21.5 Å². The highest BCUT2D eigenvalue weighted by Crippen LogP contribution is 2.39. The number of ether oxygens (including phenoxy) is 1. The number of amides is 2. The number of anilines is 5. The number of aromatic nitrogens is 3. The van der Waals surface area contributed by atoms with Gasteiger partial charge in [-0.15, -0.1) is 0 Å². The average Bonchev–Trinajstić information content (AvgIpc) is 3.47. The summed E-state index contributed by atoms with van der Waals surface area (Å²) in [7, 11) is 6.72. The number of halogens is 1. The first-order valence-corrected chi connectivity index (χ1v) is 13.3. The van der Waals surface area contributed by atoms with E-state index in [9.17, 15) is 14.0 Å². The lowest BCUT2D eigenvalue weighted by molar-refractivity contribution is -0.119. The summed E-state index contributed by atoms with van der Waals surface area (Å²) in [5, 5.41) is 9.49. The molecule has 0 radical (unpaired) electrons. The normalized spacial score (nSPS) is 12.5. The van der Waals surface area contributed by atoms with E-state index in [0.717, 1.165) is 23.2 Å². The SMILES string of the molecule is CNC(=O)c1c(F)cccc1Nc1nc(Nc2cc3c(cc2OC)CCN3C(=O)CN(C)C)nc2c1c(C)cn2S. The number of thiol groups is 1. The fraction of sp³-hybridized carbons (Fsp3) is 0.286. The largest absolute Gasteiger partial charge is 0.495 e. The standard InChI is InChI=1S/C28H31FN8O3S/c1-15-13-37(41)26-23(15)25(31-18-8-6-7-17(29)24(18)27(39)30-2)33-28(34-26)32-19-12-20-16(11-21(19)40-5)9-10-36(20)22(38)14-35(3)4/h6-8,11-13,41H,9-10,14H2,1-5H3,(H,30,39)(H2,31,32,33,34). The van der Waals surface area contributed by atoms with Crippen molar-refractivity contribution in [1.82, 2.24) is 24.2 Å². The Labute approximate surface area is 242 Å². The van der Waals surface area contributed by atoms with Crippen molar-refractivity contribution in [3.63, 3.8) is 0 Å². The smallest absolute Gasteiger partial charge is 0.256 e. The van der Waals surface area contributed by atoms with Crippen LogP contribution in [0.25, 0.3) is 11.0 Å². The summed E-state index contributed by atoms with van der Waals surface area (Å²) in [6, 6.07) is 8.10. The lowest BCUT2D eigenvalue weighted by Gasteiger charge is -2.21. The lowest BCUT2D eigenvalue weighted by atomic mass is 10.1. The molecule has 2 aromatic heterocycles. The Morgan fingerprint density at radius 1 is 1.17 bits per heavy atom. The van der Waals surface area contributed by atoms with E-state index in [1.54, 1.807) is 28.2 Å². The van der Waals surface area contributed by atoms with Gasteiger partial charge in [-0.25, -0.2) is 4.39 Å². The fourth-order valence-electron chi connectivity index (χ4n) is 4.96. The van der Waals surface area contributed by atoms with Gasteiger partial charge in [-0.3, -0.25) is 13.6 Å². The fourth-order valence-corrected chi connectivity index (χ4v) is 5.28. The summed E-state index contributed by atoms with van der Waals surface area (Å²) >= 11 is 4.53. The van der Waals surface area contributed by atoms with Gasteiger partial charge in [0.15, 0.2) is 5.65 Å². The molecule has 0 saturated carbocycles. The van der Waals surface area contributed by atoms with Gasteiger partial charge in [0.25, 0.3) is 5.91 Å². The number of carbonyl (C=O) groups excluding carboxylic acids is 2. The second-order valence-electron chi connectivity index (χ2n) is 9.96. The van der Waals surface area contributed by atoms with Crippen LogP contribution in [0.4, 0.5) is 33.2 Å². The van der Waals surface area contributed by atoms with Gasteiger partial charge in [0.05, 0.1) is 36.0 Å². The summed E-state index contributed by atoms with van der Waals surface area (Å²) in [6.07, 6.45) is 2.50. The zero-order valence-corrected chi connectivity index (χ0v) is 24.3. The Morgan fingerprint density at radius 3 is 2.66 bits per heavy atom. The van der Waals surface area contributed by atoms with Crippen molar-refractivity contribution >= 4 is 64.5 Å². The Hall–Kier alpha value is -4.36. The first-order chi connectivity index (χ1) is 19.6. The molecule has 0 unspecified atom stereocenters. The quantitative estimate of drug-likeness (QED) is 0.233. The number of benzene rings is 2. The van der Waals surface area contributed by atoms with Crippen LogP contribution >= 0.6 is 12.8 Å². The third-order valence-corrected chi connectivity index (χ3v) is 7.14. The first kappa shape index (κ1) is 28.2. The molecule has 1 aliphatic rings. The molecule has 11 nitrogen and oxygen atoms in total. The van der Waals surface area contributed by atoms with Gasteiger partial charge in [-0.05, 0) is 62.8 Å². The number of likely N-dealkylation sites (N-methyl/N-ethyl adjacent to an activating group) is 1. The van der Waals surface area contributed by atoms with E-state index in [-0.39, 0.29) is 23.1 Å². The minimum atomic E-state index is -0.669. The maximum atomic E-state index is 14.7. The van der Waals surface area contributed by atoms with Crippen molar-refractivity contribution in [1.29, 1.82) is 0 Å². The van der Waals surface area contributed by atoms with Gasteiger partial charge < -0.3 is 30.5 Å². The number of hydrogen-bond acceptors (Lipinski definition) is 9. The second kappa shape index (κ2) is 11.3. The summed E-state index contributed by atoms with van der Waals surface area (Å²) in [5.41, 5.74) is 3.79. The monoisotopic (exact) mass is 578 g/mol. The van der Waals surface area contributed by atoms with Crippen LogP contribution in [0.5, 0.6) is 5.75 Å². The molecule has 0 spiro atoms. The van der Waals surface area contributed by atoms with E-state index in [4.69, 9.17) is 9.72 Å². The van der Waals surface area contributed by atoms with Gasteiger partial charge in [0.1, 0.15) is 17.4 Å². The summed E-state index contributed by atoms with van der Waals surface area (Å²) in [5.74, 6) is -0.130. The third kappa shape index (κ3) is 5.37. The second-order valence-corrected chi connectivity index (χ2v) is 10.4. The summed E-state index contributed by atoms with van der Waals surface area (Å²) in [4.78, 5) is 38.4. The number of fused-ring (bicyclic) bond motifs is 2. The van der Waals surface area contributed by atoms with Crippen molar-refractivity contribution in [2.75, 3.05) is 56.9 Å². The number of rotatable bonds is 8. The predicted octanol–water partition coefficient (Wildman–Crippen LogP) is 3.88. The predicted molar refractivity (Wildman–Crippen MR) is 161 cm³/mol. The maximum absolute atomic E-state index is 14.7. The molecule has 3 N–H and O–H groups in total. The lowest BCUT2D eigenvalue weighted by Crippen LogP contribution is -2.36. The molecule has 0 saturated heterocycles. The molecule has 41 heavy (non-hydrogen) atoms. The van der Waals surface area contributed by atoms with Gasteiger partial charge in [-0.1, -0.05) is 18.9 Å². The van der Waals surface area contributed by atoms with Crippen LogP contribution < -0.4 is 25.6 Å². The van der Waals surface area contributed by atoms with Crippen LogP contribution in [0.3, 0.4) is 0 Å². The first-order valence-electron chi connectivity index (χ1n) is 12.9. The molecule has 2 aromatic carbocycles.